The molecule has 3 amide bonds. The SMILES string of the molecule is CC(C)Oc1ccc(CNC(=O)N[C@H]2CCCCNC2=O)cn1. The van der Waals surface area contributed by atoms with Gasteiger partial charge in [0.15, 0.2) is 0 Å². The summed E-state index contributed by atoms with van der Waals surface area (Å²) in [5.41, 5.74) is 0.863. The van der Waals surface area contributed by atoms with E-state index in [4.69, 9.17) is 4.74 Å². The van der Waals surface area contributed by atoms with Gasteiger partial charge in [-0.2, -0.15) is 0 Å². The summed E-state index contributed by atoms with van der Waals surface area (Å²) in [6.45, 7) is 4.89. The summed E-state index contributed by atoms with van der Waals surface area (Å²) in [6, 6.07) is 2.81. The average Bonchev–Trinajstić information content (AvgIpc) is 2.71. The van der Waals surface area contributed by atoms with Crippen molar-refractivity contribution in [3.05, 3.63) is 23.9 Å². The minimum absolute atomic E-state index is 0.0722. The fraction of sp³-hybridized carbons (Fsp3) is 0.562. The van der Waals surface area contributed by atoms with Crippen molar-refractivity contribution in [3.8, 4) is 5.88 Å². The van der Waals surface area contributed by atoms with Crippen molar-refractivity contribution in [1.29, 1.82) is 0 Å². The first-order chi connectivity index (χ1) is 11.0. The second kappa shape index (κ2) is 8.36. The lowest BCUT2D eigenvalue weighted by Crippen LogP contribution is -2.48. The molecule has 0 aromatic carbocycles. The van der Waals surface area contributed by atoms with E-state index < -0.39 is 6.04 Å². The van der Waals surface area contributed by atoms with Gasteiger partial charge >= 0.3 is 6.03 Å². The predicted octanol–water partition coefficient (Wildman–Crippen LogP) is 1.34. The van der Waals surface area contributed by atoms with E-state index in [-0.39, 0.29) is 18.0 Å². The highest BCUT2D eigenvalue weighted by Gasteiger charge is 2.22. The van der Waals surface area contributed by atoms with Crippen LogP contribution in [0.25, 0.3) is 0 Å². The molecule has 0 unspecified atom stereocenters. The highest BCUT2D eigenvalue weighted by molar-refractivity contribution is 5.87. The normalized spacial score (nSPS) is 18.0. The summed E-state index contributed by atoms with van der Waals surface area (Å²) in [5.74, 6) is 0.442. The molecule has 7 heteroatoms. The number of pyridine rings is 1. The van der Waals surface area contributed by atoms with E-state index in [1.807, 2.05) is 19.9 Å². The van der Waals surface area contributed by atoms with Gasteiger partial charge in [-0.1, -0.05) is 6.07 Å². The van der Waals surface area contributed by atoms with Crippen LogP contribution >= 0.6 is 0 Å². The number of nitrogens with one attached hydrogen (secondary N) is 3. The number of urea groups is 1. The second-order valence-electron chi connectivity index (χ2n) is 5.84. The molecule has 2 rings (SSSR count). The lowest BCUT2D eigenvalue weighted by Gasteiger charge is -2.15. The molecule has 23 heavy (non-hydrogen) atoms. The van der Waals surface area contributed by atoms with Gasteiger partial charge in [0.05, 0.1) is 6.10 Å². The van der Waals surface area contributed by atoms with E-state index in [2.05, 4.69) is 20.9 Å². The third-order valence-electron chi connectivity index (χ3n) is 3.45. The zero-order valence-electron chi connectivity index (χ0n) is 13.6. The minimum atomic E-state index is -0.461. The number of hydrogen-bond donors (Lipinski definition) is 3. The smallest absolute Gasteiger partial charge is 0.315 e. The van der Waals surface area contributed by atoms with Gasteiger partial charge in [0, 0.05) is 25.4 Å². The Bertz CT molecular complexity index is 531. The molecule has 2 heterocycles. The van der Waals surface area contributed by atoms with Crippen molar-refractivity contribution in [2.24, 2.45) is 0 Å². The Balaban J connectivity index is 1.78. The number of amides is 3. The largest absolute Gasteiger partial charge is 0.475 e. The molecular weight excluding hydrogens is 296 g/mol. The molecule has 0 saturated carbocycles. The molecule has 7 nitrogen and oxygen atoms in total. The Kier molecular flexibility index (Phi) is 6.19. The number of ether oxygens (including phenoxy) is 1. The van der Waals surface area contributed by atoms with Crippen LogP contribution in [0.3, 0.4) is 0 Å². The zero-order chi connectivity index (χ0) is 16.7. The first-order valence-corrected chi connectivity index (χ1v) is 7.98. The number of rotatable bonds is 5. The summed E-state index contributed by atoms with van der Waals surface area (Å²) in [4.78, 5) is 27.9. The van der Waals surface area contributed by atoms with Gasteiger partial charge in [0.2, 0.25) is 11.8 Å². The molecule has 1 aromatic rings. The highest BCUT2D eigenvalue weighted by atomic mass is 16.5. The number of hydrogen-bond acceptors (Lipinski definition) is 4. The Morgan fingerprint density at radius 1 is 1.43 bits per heavy atom. The van der Waals surface area contributed by atoms with E-state index in [9.17, 15) is 9.59 Å². The third kappa shape index (κ3) is 5.77. The first kappa shape index (κ1) is 17.1. The van der Waals surface area contributed by atoms with Crippen LogP contribution in [0.1, 0.15) is 38.7 Å². The molecule has 1 aromatic heterocycles. The summed E-state index contributed by atoms with van der Waals surface area (Å²) in [5, 5.41) is 8.24. The fourth-order valence-corrected chi connectivity index (χ4v) is 2.30. The van der Waals surface area contributed by atoms with Crippen molar-refractivity contribution in [2.75, 3.05) is 6.54 Å². The van der Waals surface area contributed by atoms with Gasteiger partial charge in [-0.25, -0.2) is 9.78 Å². The van der Waals surface area contributed by atoms with Crippen molar-refractivity contribution >= 4 is 11.9 Å². The van der Waals surface area contributed by atoms with Crippen LogP contribution in [0.4, 0.5) is 4.79 Å². The summed E-state index contributed by atoms with van der Waals surface area (Å²) in [7, 11) is 0. The molecular formula is C16H24N4O3. The first-order valence-electron chi connectivity index (χ1n) is 7.98. The van der Waals surface area contributed by atoms with Gasteiger partial charge in [0.1, 0.15) is 6.04 Å². The van der Waals surface area contributed by atoms with Crippen LogP contribution in [-0.4, -0.2) is 35.6 Å². The number of carbonyl (C=O) groups is 2. The average molecular weight is 320 g/mol. The van der Waals surface area contributed by atoms with E-state index in [1.165, 1.54) is 0 Å². The Labute approximate surface area is 136 Å². The van der Waals surface area contributed by atoms with Crippen molar-refractivity contribution in [2.45, 2.75) is 51.8 Å². The Hall–Kier alpha value is -2.31. The molecule has 0 aliphatic carbocycles. The summed E-state index contributed by atoms with van der Waals surface area (Å²) >= 11 is 0. The predicted molar refractivity (Wildman–Crippen MR) is 86.0 cm³/mol. The van der Waals surface area contributed by atoms with Crippen LogP contribution < -0.4 is 20.7 Å². The molecule has 1 aliphatic heterocycles. The molecule has 0 radical (unpaired) electrons. The maximum absolute atomic E-state index is 11.9. The van der Waals surface area contributed by atoms with Crippen molar-refractivity contribution < 1.29 is 14.3 Å². The Morgan fingerprint density at radius 3 is 2.96 bits per heavy atom. The molecule has 1 atom stereocenters. The number of carbonyl (C=O) groups excluding carboxylic acids is 2. The van der Waals surface area contributed by atoms with Crippen LogP contribution in [0.5, 0.6) is 5.88 Å². The summed E-state index contributed by atoms with van der Waals surface area (Å²) < 4.78 is 5.46. The second-order valence-corrected chi connectivity index (χ2v) is 5.84. The van der Waals surface area contributed by atoms with Gasteiger partial charge in [-0.05, 0) is 38.7 Å². The molecule has 3 N–H and O–H groups in total. The van der Waals surface area contributed by atoms with Crippen molar-refractivity contribution in [1.82, 2.24) is 20.9 Å². The van der Waals surface area contributed by atoms with Gasteiger partial charge < -0.3 is 20.7 Å². The van der Waals surface area contributed by atoms with Crippen LogP contribution in [-0.2, 0) is 11.3 Å². The third-order valence-corrected chi connectivity index (χ3v) is 3.45. The maximum Gasteiger partial charge on any atom is 0.315 e. The molecule has 0 spiro atoms. The van der Waals surface area contributed by atoms with E-state index in [0.717, 1.165) is 18.4 Å². The monoisotopic (exact) mass is 320 g/mol. The Morgan fingerprint density at radius 2 is 2.26 bits per heavy atom. The zero-order valence-corrected chi connectivity index (χ0v) is 13.6. The van der Waals surface area contributed by atoms with Gasteiger partial charge in [0.25, 0.3) is 0 Å². The molecule has 1 saturated heterocycles. The van der Waals surface area contributed by atoms with Crippen molar-refractivity contribution in [3.63, 3.8) is 0 Å². The fourth-order valence-electron chi connectivity index (χ4n) is 2.30. The maximum atomic E-state index is 11.9. The van der Waals surface area contributed by atoms with E-state index in [1.54, 1.807) is 12.3 Å². The topological polar surface area (TPSA) is 92.4 Å². The number of aromatic nitrogens is 1. The van der Waals surface area contributed by atoms with Crippen LogP contribution in [0.15, 0.2) is 18.3 Å². The van der Waals surface area contributed by atoms with Gasteiger partial charge in [-0.15, -0.1) is 0 Å². The lowest BCUT2D eigenvalue weighted by molar-refractivity contribution is -0.122. The lowest BCUT2D eigenvalue weighted by atomic mass is 10.1. The highest BCUT2D eigenvalue weighted by Crippen LogP contribution is 2.09. The molecule has 1 aliphatic rings. The van der Waals surface area contributed by atoms with E-state index in [0.29, 0.717) is 25.4 Å². The van der Waals surface area contributed by atoms with Crippen LogP contribution in [0, 0.1) is 0 Å². The van der Waals surface area contributed by atoms with Crippen LogP contribution in [0.2, 0.25) is 0 Å². The minimum Gasteiger partial charge on any atom is -0.475 e. The molecule has 126 valence electrons. The number of nitrogens with zero attached hydrogens (tertiary/aromatic N) is 1. The molecule has 1 fully saturated rings. The van der Waals surface area contributed by atoms with E-state index >= 15 is 0 Å². The standard InChI is InChI=1S/C16H24N4O3/c1-11(2)23-14-7-6-12(9-18-14)10-19-16(22)20-13-5-3-4-8-17-15(13)21/h6-7,9,11,13H,3-5,8,10H2,1-2H3,(H,17,21)(H2,19,20,22)/t13-/m0/s1. The molecule has 0 bridgehead atoms. The summed E-state index contributed by atoms with van der Waals surface area (Å²) in [6.07, 6.45) is 4.27. The van der Waals surface area contributed by atoms with Gasteiger partial charge in [-0.3, -0.25) is 4.79 Å². The quantitative estimate of drug-likeness (QED) is 0.763.